The molecule has 0 N–H and O–H groups in total. The van der Waals surface area contributed by atoms with Crippen molar-refractivity contribution >= 4 is 22.6 Å². The number of hydrogen-bond donors (Lipinski definition) is 0. The predicted molar refractivity (Wildman–Crippen MR) is 78.5 cm³/mol. The van der Waals surface area contributed by atoms with E-state index in [1.165, 1.54) is 0 Å². The minimum absolute atomic E-state index is 0.677. The normalized spacial score (nSPS) is 16.6. The van der Waals surface area contributed by atoms with Crippen molar-refractivity contribution in [3.63, 3.8) is 0 Å². The first-order valence-corrected chi connectivity index (χ1v) is 7.14. The van der Waals surface area contributed by atoms with E-state index in [9.17, 15) is 0 Å². The molecule has 1 saturated heterocycles. The Bertz CT molecular complexity index is 380. The Morgan fingerprint density at radius 3 is 2.78 bits per heavy atom. The molecule has 0 atom stereocenters. The Kier molecular flexibility index (Phi) is 5.52. The third-order valence-electron chi connectivity index (χ3n) is 2.89. The van der Waals surface area contributed by atoms with Gasteiger partial charge >= 0.3 is 0 Å². The van der Waals surface area contributed by atoms with Crippen molar-refractivity contribution in [3.05, 3.63) is 21.8 Å². The molecule has 0 radical (unpaired) electrons. The van der Waals surface area contributed by atoms with Crippen LogP contribution >= 0.6 is 22.6 Å². The van der Waals surface area contributed by atoms with E-state index in [4.69, 9.17) is 14.2 Å². The van der Waals surface area contributed by atoms with Crippen molar-refractivity contribution in [2.45, 2.75) is 0 Å². The van der Waals surface area contributed by atoms with Gasteiger partial charge in [0.15, 0.2) is 11.5 Å². The average molecular weight is 363 g/mol. The molecule has 2 rings (SSSR count). The fourth-order valence-electron chi connectivity index (χ4n) is 1.87. The van der Waals surface area contributed by atoms with E-state index < -0.39 is 0 Å². The van der Waals surface area contributed by atoms with Crippen LogP contribution in [0.25, 0.3) is 0 Å². The minimum atomic E-state index is 0.677. The molecule has 0 spiro atoms. The van der Waals surface area contributed by atoms with Crippen LogP contribution in [-0.2, 0) is 4.74 Å². The number of hydrogen-bond acceptors (Lipinski definition) is 4. The summed E-state index contributed by atoms with van der Waals surface area (Å²) in [4.78, 5) is 2.35. The molecule has 18 heavy (non-hydrogen) atoms. The van der Waals surface area contributed by atoms with Gasteiger partial charge in [0.25, 0.3) is 0 Å². The molecule has 0 saturated carbocycles. The summed E-state index contributed by atoms with van der Waals surface area (Å²) in [6.07, 6.45) is 0. The molecule has 1 aliphatic heterocycles. The Labute approximate surface area is 121 Å². The summed E-state index contributed by atoms with van der Waals surface area (Å²) in [5.41, 5.74) is 0. The number of ether oxygens (including phenoxy) is 3. The molecular weight excluding hydrogens is 345 g/mol. The molecule has 1 aliphatic rings. The second-order valence-corrected chi connectivity index (χ2v) is 5.34. The standard InChI is InChI=1S/C13H18INO3/c1-16-12-3-2-11(14)10-13(12)18-9-6-15-4-7-17-8-5-15/h2-3,10H,4-9H2,1H3. The van der Waals surface area contributed by atoms with Crippen LogP contribution in [0, 0.1) is 3.57 Å². The number of benzene rings is 1. The molecular formula is C13H18INO3. The van der Waals surface area contributed by atoms with Crippen molar-refractivity contribution in [2.24, 2.45) is 0 Å². The summed E-state index contributed by atoms with van der Waals surface area (Å²) in [5.74, 6) is 1.61. The van der Waals surface area contributed by atoms with Gasteiger partial charge in [0.1, 0.15) is 6.61 Å². The molecule has 0 bridgehead atoms. The number of halogens is 1. The van der Waals surface area contributed by atoms with Crippen LogP contribution in [-0.4, -0.2) is 51.5 Å². The van der Waals surface area contributed by atoms with Crippen LogP contribution in [0.15, 0.2) is 18.2 Å². The van der Waals surface area contributed by atoms with Gasteiger partial charge in [-0.05, 0) is 40.8 Å². The number of methoxy groups -OCH3 is 1. The highest BCUT2D eigenvalue weighted by Gasteiger charge is 2.11. The van der Waals surface area contributed by atoms with E-state index in [0.29, 0.717) is 6.61 Å². The van der Waals surface area contributed by atoms with E-state index in [0.717, 1.165) is 47.9 Å². The molecule has 1 heterocycles. The largest absolute Gasteiger partial charge is 0.493 e. The third-order valence-corrected chi connectivity index (χ3v) is 3.57. The van der Waals surface area contributed by atoms with Crippen LogP contribution < -0.4 is 9.47 Å². The Morgan fingerprint density at radius 2 is 2.06 bits per heavy atom. The highest BCUT2D eigenvalue weighted by Crippen LogP contribution is 2.28. The molecule has 0 aromatic heterocycles. The van der Waals surface area contributed by atoms with E-state index in [1.54, 1.807) is 7.11 Å². The maximum atomic E-state index is 5.80. The topological polar surface area (TPSA) is 30.9 Å². The lowest BCUT2D eigenvalue weighted by Crippen LogP contribution is -2.38. The fraction of sp³-hybridized carbons (Fsp3) is 0.538. The molecule has 4 nitrogen and oxygen atoms in total. The fourth-order valence-corrected chi connectivity index (χ4v) is 2.34. The van der Waals surface area contributed by atoms with Crippen LogP contribution in [0.2, 0.25) is 0 Å². The summed E-state index contributed by atoms with van der Waals surface area (Å²) >= 11 is 2.27. The van der Waals surface area contributed by atoms with Gasteiger partial charge in [0.2, 0.25) is 0 Å². The van der Waals surface area contributed by atoms with Crippen molar-refractivity contribution in [1.82, 2.24) is 4.90 Å². The van der Waals surface area contributed by atoms with Gasteiger partial charge in [0.05, 0.1) is 20.3 Å². The summed E-state index contributed by atoms with van der Waals surface area (Å²) < 4.78 is 17.5. The lowest BCUT2D eigenvalue weighted by Gasteiger charge is -2.26. The zero-order valence-corrected chi connectivity index (χ0v) is 12.7. The lowest BCUT2D eigenvalue weighted by molar-refractivity contribution is 0.0321. The Balaban J connectivity index is 1.83. The van der Waals surface area contributed by atoms with E-state index in [1.807, 2.05) is 18.2 Å². The molecule has 1 aromatic carbocycles. The van der Waals surface area contributed by atoms with Crippen molar-refractivity contribution < 1.29 is 14.2 Å². The first-order valence-electron chi connectivity index (χ1n) is 6.06. The van der Waals surface area contributed by atoms with Crippen LogP contribution in [0.5, 0.6) is 11.5 Å². The first-order chi connectivity index (χ1) is 8.79. The molecule has 0 aliphatic carbocycles. The third kappa shape index (κ3) is 4.00. The maximum Gasteiger partial charge on any atom is 0.162 e. The quantitative estimate of drug-likeness (QED) is 0.749. The Morgan fingerprint density at radius 1 is 1.28 bits per heavy atom. The van der Waals surface area contributed by atoms with Gasteiger partial charge in [0, 0.05) is 23.2 Å². The highest BCUT2D eigenvalue weighted by atomic mass is 127. The maximum absolute atomic E-state index is 5.80. The zero-order valence-electron chi connectivity index (χ0n) is 10.5. The molecule has 100 valence electrons. The monoisotopic (exact) mass is 363 g/mol. The van der Waals surface area contributed by atoms with Crippen LogP contribution in [0.3, 0.4) is 0 Å². The van der Waals surface area contributed by atoms with Gasteiger partial charge in [-0.1, -0.05) is 0 Å². The number of nitrogens with zero attached hydrogens (tertiary/aromatic N) is 1. The van der Waals surface area contributed by atoms with Gasteiger partial charge in [-0.15, -0.1) is 0 Å². The average Bonchev–Trinajstić information content (AvgIpc) is 2.40. The Hall–Kier alpha value is -0.530. The van der Waals surface area contributed by atoms with Crippen molar-refractivity contribution in [3.8, 4) is 11.5 Å². The van der Waals surface area contributed by atoms with Crippen LogP contribution in [0.1, 0.15) is 0 Å². The highest BCUT2D eigenvalue weighted by molar-refractivity contribution is 14.1. The van der Waals surface area contributed by atoms with Gasteiger partial charge < -0.3 is 14.2 Å². The van der Waals surface area contributed by atoms with E-state index in [2.05, 4.69) is 27.5 Å². The first kappa shape index (κ1) is 13.9. The second-order valence-electron chi connectivity index (χ2n) is 4.10. The molecule has 0 amide bonds. The number of rotatable bonds is 5. The van der Waals surface area contributed by atoms with Gasteiger partial charge in [-0.25, -0.2) is 0 Å². The molecule has 5 heteroatoms. The minimum Gasteiger partial charge on any atom is -0.493 e. The summed E-state index contributed by atoms with van der Waals surface area (Å²) in [6, 6.07) is 5.94. The van der Waals surface area contributed by atoms with Gasteiger partial charge in [-0.2, -0.15) is 0 Å². The van der Waals surface area contributed by atoms with Crippen LogP contribution in [0.4, 0.5) is 0 Å². The second kappa shape index (κ2) is 7.16. The summed E-state index contributed by atoms with van der Waals surface area (Å²) in [6.45, 7) is 5.24. The zero-order chi connectivity index (χ0) is 12.8. The van der Waals surface area contributed by atoms with Crippen molar-refractivity contribution in [2.75, 3.05) is 46.6 Å². The lowest BCUT2D eigenvalue weighted by atomic mass is 10.3. The van der Waals surface area contributed by atoms with Crippen molar-refractivity contribution in [1.29, 1.82) is 0 Å². The van der Waals surface area contributed by atoms with E-state index >= 15 is 0 Å². The number of morpholine rings is 1. The molecule has 0 unspecified atom stereocenters. The molecule has 1 fully saturated rings. The predicted octanol–water partition coefficient (Wildman–Crippen LogP) is 2.01. The molecule has 1 aromatic rings. The SMILES string of the molecule is COc1ccc(I)cc1OCCN1CCOCC1. The van der Waals surface area contributed by atoms with Gasteiger partial charge in [-0.3, -0.25) is 4.90 Å². The summed E-state index contributed by atoms with van der Waals surface area (Å²) in [5, 5.41) is 0. The summed E-state index contributed by atoms with van der Waals surface area (Å²) in [7, 11) is 1.66. The van der Waals surface area contributed by atoms with E-state index in [-0.39, 0.29) is 0 Å². The smallest absolute Gasteiger partial charge is 0.162 e.